The third-order valence-electron chi connectivity index (χ3n) is 3.66. The number of hydrogen-bond donors (Lipinski definition) is 1. The number of amides is 2. The fourth-order valence-corrected chi connectivity index (χ4v) is 2.44. The van der Waals surface area contributed by atoms with Crippen LogP contribution in [0.5, 0.6) is 5.88 Å². The van der Waals surface area contributed by atoms with Gasteiger partial charge in [-0.25, -0.2) is 9.78 Å². The second-order valence-electron chi connectivity index (χ2n) is 5.57. The Kier molecular flexibility index (Phi) is 5.57. The summed E-state index contributed by atoms with van der Waals surface area (Å²) in [4.78, 5) is 18.3. The molecule has 0 radical (unpaired) electrons. The van der Waals surface area contributed by atoms with Crippen molar-refractivity contribution in [3.8, 4) is 5.88 Å². The zero-order valence-corrected chi connectivity index (χ0v) is 14.1. The van der Waals surface area contributed by atoms with Gasteiger partial charge in [0.2, 0.25) is 5.88 Å². The van der Waals surface area contributed by atoms with Crippen LogP contribution in [0.15, 0.2) is 36.4 Å². The summed E-state index contributed by atoms with van der Waals surface area (Å²) in [7, 11) is 3.37. The first-order chi connectivity index (χ1) is 11.0. The number of nitrogens with one attached hydrogen (secondary N) is 1. The van der Waals surface area contributed by atoms with Crippen LogP contribution in [-0.4, -0.2) is 30.1 Å². The second kappa shape index (κ2) is 7.63. The summed E-state index contributed by atoms with van der Waals surface area (Å²) in [5, 5.41) is 2.92. The summed E-state index contributed by atoms with van der Waals surface area (Å²) >= 11 is 0. The first-order valence-electron chi connectivity index (χ1n) is 7.55. The van der Waals surface area contributed by atoms with Crippen LogP contribution in [0.1, 0.15) is 22.4 Å². The number of urea groups is 1. The van der Waals surface area contributed by atoms with Gasteiger partial charge in [0.05, 0.1) is 13.7 Å². The molecule has 1 aromatic carbocycles. The molecular weight excluding hydrogens is 290 g/mol. The van der Waals surface area contributed by atoms with E-state index < -0.39 is 0 Å². The highest BCUT2D eigenvalue weighted by molar-refractivity contribution is 5.74. The van der Waals surface area contributed by atoms with Gasteiger partial charge in [-0.3, -0.25) is 0 Å². The van der Waals surface area contributed by atoms with E-state index in [1.807, 2.05) is 50.2 Å². The number of aryl methyl sites for hydroxylation is 2. The summed E-state index contributed by atoms with van der Waals surface area (Å²) in [6, 6.07) is 11.7. The third kappa shape index (κ3) is 4.45. The van der Waals surface area contributed by atoms with E-state index in [-0.39, 0.29) is 6.03 Å². The van der Waals surface area contributed by atoms with Crippen LogP contribution >= 0.6 is 0 Å². The molecule has 1 N–H and O–H groups in total. The number of pyridine rings is 1. The van der Waals surface area contributed by atoms with Gasteiger partial charge >= 0.3 is 6.03 Å². The summed E-state index contributed by atoms with van der Waals surface area (Å²) in [5.74, 6) is 0.563. The highest BCUT2D eigenvalue weighted by Gasteiger charge is 2.13. The van der Waals surface area contributed by atoms with Crippen LogP contribution in [0.4, 0.5) is 4.79 Å². The predicted molar refractivity (Wildman–Crippen MR) is 90.4 cm³/mol. The van der Waals surface area contributed by atoms with Crippen LogP contribution in [-0.2, 0) is 13.1 Å². The Morgan fingerprint density at radius 3 is 2.61 bits per heavy atom. The number of aromatic nitrogens is 1. The first-order valence-corrected chi connectivity index (χ1v) is 7.55. The lowest BCUT2D eigenvalue weighted by atomic mass is 10.1. The molecule has 0 saturated heterocycles. The summed E-state index contributed by atoms with van der Waals surface area (Å²) < 4.78 is 5.32. The van der Waals surface area contributed by atoms with Gasteiger partial charge in [-0.2, -0.15) is 0 Å². The molecule has 0 aliphatic carbocycles. The van der Waals surface area contributed by atoms with Crippen molar-refractivity contribution in [3.63, 3.8) is 0 Å². The highest BCUT2D eigenvalue weighted by atomic mass is 16.5. The van der Waals surface area contributed by atoms with Crippen LogP contribution in [0.3, 0.4) is 0 Å². The van der Waals surface area contributed by atoms with Gasteiger partial charge in [-0.1, -0.05) is 30.3 Å². The van der Waals surface area contributed by atoms with E-state index in [1.165, 1.54) is 0 Å². The van der Waals surface area contributed by atoms with E-state index in [1.54, 1.807) is 19.1 Å². The standard InChI is InChI=1S/C18H23N3O2/c1-13-10-14(2)20-17(23-4)16(13)11-19-18(22)21(3)12-15-8-6-5-7-9-15/h5-10H,11-12H2,1-4H3,(H,19,22). The Hall–Kier alpha value is -2.56. The molecule has 1 aromatic heterocycles. The fraction of sp³-hybridized carbons (Fsp3) is 0.333. The van der Waals surface area contributed by atoms with E-state index >= 15 is 0 Å². The lowest BCUT2D eigenvalue weighted by molar-refractivity contribution is 0.206. The molecule has 0 bridgehead atoms. The molecule has 2 amide bonds. The smallest absolute Gasteiger partial charge is 0.317 e. The van der Waals surface area contributed by atoms with Crippen molar-refractivity contribution in [1.82, 2.24) is 15.2 Å². The van der Waals surface area contributed by atoms with Crippen LogP contribution < -0.4 is 10.1 Å². The molecule has 1 heterocycles. The molecule has 0 fully saturated rings. The molecule has 0 aliphatic heterocycles. The van der Waals surface area contributed by atoms with Gasteiger partial charge in [-0.05, 0) is 31.0 Å². The molecule has 0 unspecified atom stereocenters. The van der Waals surface area contributed by atoms with Crippen molar-refractivity contribution in [3.05, 3.63) is 58.8 Å². The SMILES string of the molecule is COc1nc(C)cc(C)c1CNC(=O)N(C)Cc1ccccc1. The average Bonchev–Trinajstić information content (AvgIpc) is 2.53. The van der Waals surface area contributed by atoms with E-state index in [0.717, 1.165) is 22.4 Å². The Balaban J connectivity index is 1.99. The molecule has 5 nitrogen and oxygen atoms in total. The molecule has 0 saturated carbocycles. The fourth-order valence-electron chi connectivity index (χ4n) is 2.44. The number of nitrogens with zero attached hydrogens (tertiary/aromatic N) is 2. The van der Waals surface area contributed by atoms with Crippen molar-refractivity contribution >= 4 is 6.03 Å². The van der Waals surface area contributed by atoms with Gasteiger partial charge in [0.1, 0.15) is 0 Å². The second-order valence-corrected chi connectivity index (χ2v) is 5.57. The monoisotopic (exact) mass is 313 g/mol. The maximum atomic E-state index is 12.3. The van der Waals surface area contributed by atoms with E-state index in [9.17, 15) is 4.79 Å². The zero-order valence-electron chi connectivity index (χ0n) is 14.1. The van der Waals surface area contributed by atoms with Crippen LogP contribution in [0.25, 0.3) is 0 Å². The minimum Gasteiger partial charge on any atom is -0.481 e. The molecule has 5 heteroatoms. The van der Waals surface area contributed by atoms with Crippen molar-refractivity contribution in [1.29, 1.82) is 0 Å². The highest BCUT2D eigenvalue weighted by Crippen LogP contribution is 2.20. The molecular formula is C18H23N3O2. The van der Waals surface area contributed by atoms with Gasteiger partial charge < -0.3 is 15.0 Å². The lowest BCUT2D eigenvalue weighted by Gasteiger charge is -2.19. The van der Waals surface area contributed by atoms with Crippen molar-refractivity contribution in [2.45, 2.75) is 26.9 Å². The van der Waals surface area contributed by atoms with E-state index in [0.29, 0.717) is 19.0 Å². The topological polar surface area (TPSA) is 54.5 Å². The summed E-state index contributed by atoms with van der Waals surface area (Å²) in [6.45, 7) is 4.87. The quantitative estimate of drug-likeness (QED) is 0.923. The number of carbonyl (C=O) groups excluding carboxylic acids is 1. The predicted octanol–water partition coefficient (Wildman–Crippen LogP) is 3.05. The molecule has 122 valence electrons. The number of benzene rings is 1. The third-order valence-corrected chi connectivity index (χ3v) is 3.66. The molecule has 0 spiro atoms. The zero-order chi connectivity index (χ0) is 16.8. The Bertz CT molecular complexity index is 671. The molecule has 2 rings (SSSR count). The maximum Gasteiger partial charge on any atom is 0.317 e. The molecule has 23 heavy (non-hydrogen) atoms. The summed E-state index contributed by atoms with van der Waals surface area (Å²) in [6.07, 6.45) is 0. The Morgan fingerprint density at radius 2 is 1.96 bits per heavy atom. The average molecular weight is 313 g/mol. The minimum atomic E-state index is -0.129. The van der Waals surface area contributed by atoms with Crippen molar-refractivity contribution in [2.24, 2.45) is 0 Å². The molecule has 0 atom stereocenters. The van der Waals surface area contributed by atoms with Gasteiger partial charge in [0, 0.05) is 24.8 Å². The normalized spacial score (nSPS) is 10.3. The number of rotatable bonds is 5. The molecule has 0 aliphatic rings. The number of ether oxygens (including phenoxy) is 1. The number of hydrogen-bond acceptors (Lipinski definition) is 3. The molecule has 2 aromatic rings. The van der Waals surface area contributed by atoms with Gasteiger partial charge in [0.25, 0.3) is 0 Å². The number of methoxy groups -OCH3 is 1. The van der Waals surface area contributed by atoms with E-state index in [4.69, 9.17) is 4.74 Å². The lowest BCUT2D eigenvalue weighted by Crippen LogP contribution is -2.36. The van der Waals surface area contributed by atoms with E-state index in [2.05, 4.69) is 10.3 Å². The largest absolute Gasteiger partial charge is 0.481 e. The van der Waals surface area contributed by atoms with Crippen molar-refractivity contribution in [2.75, 3.05) is 14.2 Å². The maximum absolute atomic E-state index is 12.3. The first kappa shape index (κ1) is 16.8. The Labute approximate surface area is 137 Å². The van der Waals surface area contributed by atoms with Crippen LogP contribution in [0, 0.1) is 13.8 Å². The van der Waals surface area contributed by atoms with Gasteiger partial charge in [-0.15, -0.1) is 0 Å². The minimum absolute atomic E-state index is 0.129. The van der Waals surface area contributed by atoms with Gasteiger partial charge in [0.15, 0.2) is 0 Å². The van der Waals surface area contributed by atoms with Crippen LogP contribution in [0.2, 0.25) is 0 Å². The van der Waals surface area contributed by atoms with Crippen molar-refractivity contribution < 1.29 is 9.53 Å². The summed E-state index contributed by atoms with van der Waals surface area (Å²) in [5.41, 5.74) is 3.95. The Morgan fingerprint density at radius 1 is 1.26 bits per heavy atom. The number of carbonyl (C=O) groups is 1.